The second kappa shape index (κ2) is 4.74. The van der Waals surface area contributed by atoms with Gasteiger partial charge < -0.3 is 9.47 Å². The van der Waals surface area contributed by atoms with Crippen LogP contribution in [-0.2, 0) is 6.54 Å². The molecule has 1 N–H and O–H groups in total. The van der Waals surface area contributed by atoms with E-state index in [-0.39, 0.29) is 0 Å². The minimum absolute atomic E-state index is 0.311. The number of H-pyrrole nitrogens is 1. The zero-order chi connectivity index (χ0) is 14.5. The van der Waals surface area contributed by atoms with Crippen LogP contribution in [0.1, 0.15) is 24.8 Å². The molecule has 22 heavy (non-hydrogen) atoms. The smallest absolute Gasteiger partial charge is 0.231 e. The third-order valence-corrected chi connectivity index (χ3v) is 5.28. The molecule has 1 aromatic carbocycles. The van der Waals surface area contributed by atoms with Crippen LogP contribution in [0.5, 0.6) is 11.5 Å². The van der Waals surface area contributed by atoms with E-state index in [1.165, 1.54) is 31.4 Å². The van der Waals surface area contributed by atoms with Gasteiger partial charge in [-0.15, -0.1) is 0 Å². The lowest BCUT2D eigenvalue weighted by Crippen LogP contribution is -2.31. The number of aromatic nitrogens is 2. The van der Waals surface area contributed by atoms with Crippen LogP contribution < -0.4 is 9.47 Å². The summed E-state index contributed by atoms with van der Waals surface area (Å²) in [4.78, 5) is 2.62. The first kappa shape index (κ1) is 12.5. The number of hydrogen-bond acceptors (Lipinski definition) is 4. The van der Waals surface area contributed by atoms with Gasteiger partial charge in [0.05, 0.1) is 11.9 Å². The SMILES string of the molecule is c1cc2c(cc1-c1[nH]ncc1CN1C[C@H]3CC[C@H]1C3)OCO2. The fourth-order valence-corrected chi connectivity index (χ4v) is 4.17. The van der Waals surface area contributed by atoms with Crippen LogP contribution in [-0.4, -0.2) is 34.5 Å². The molecule has 2 bridgehead atoms. The van der Waals surface area contributed by atoms with Crippen molar-refractivity contribution >= 4 is 0 Å². The highest BCUT2D eigenvalue weighted by atomic mass is 16.7. The number of fused-ring (bicyclic) bond motifs is 3. The standard InChI is InChI=1S/C17H19N3O2/c1-3-14-5-11(1)8-20(14)9-13-7-18-19-17(13)12-2-4-15-16(6-12)22-10-21-15/h2,4,6-7,11,14H,1,3,5,8-10H2,(H,18,19)/t11-,14-/m0/s1. The van der Waals surface area contributed by atoms with Gasteiger partial charge >= 0.3 is 0 Å². The number of rotatable bonds is 3. The van der Waals surface area contributed by atoms with E-state index in [0.29, 0.717) is 6.79 Å². The molecule has 0 radical (unpaired) electrons. The summed E-state index contributed by atoms with van der Waals surface area (Å²) in [6, 6.07) is 6.86. The number of aromatic amines is 1. The quantitative estimate of drug-likeness (QED) is 0.946. The second-order valence-electron chi connectivity index (χ2n) is 6.60. The Morgan fingerprint density at radius 3 is 3.05 bits per heavy atom. The molecular weight excluding hydrogens is 278 g/mol. The van der Waals surface area contributed by atoms with Crippen LogP contribution in [0.2, 0.25) is 0 Å². The van der Waals surface area contributed by atoms with E-state index >= 15 is 0 Å². The summed E-state index contributed by atoms with van der Waals surface area (Å²) in [6.07, 6.45) is 6.13. The van der Waals surface area contributed by atoms with Crippen LogP contribution >= 0.6 is 0 Å². The molecule has 1 saturated carbocycles. The molecule has 2 aromatic rings. The zero-order valence-electron chi connectivity index (χ0n) is 12.4. The summed E-state index contributed by atoms with van der Waals surface area (Å²) >= 11 is 0. The third kappa shape index (κ3) is 1.92. The normalized spacial score (nSPS) is 26.0. The van der Waals surface area contributed by atoms with Gasteiger partial charge in [-0.05, 0) is 43.4 Å². The molecule has 1 aromatic heterocycles. The number of likely N-dealkylation sites (tertiary alicyclic amines) is 1. The highest BCUT2D eigenvalue weighted by Gasteiger charge is 2.37. The van der Waals surface area contributed by atoms with Crippen molar-refractivity contribution in [2.45, 2.75) is 31.8 Å². The number of nitrogens with one attached hydrogen (secondary N) is 1. The van der Waals surface area contributed by atoms with Crippen molar-refractivity contribution in [3.63, 3.8) is 0 Å². The maximum absolute atomic E-state index is 5.48. The van der Waals surface area contributed by atoms with Crippen molar-refractivity contribution in [1.82, 2.24) is 15.1 Å². The molecule has 2 fully saturated rings. The Balaban J connectivity index is 1.43. The van der Waals surface area contributed by atoms with Crippen LogP contribution in [0.25, 0.3) is 11.3 Å². The predicted octanol–water partition coefficient (Wildman–Crippen LogP) is 2.79. The summed E-state index contributed by atoms with van der Waals surface area (Å²) in [5.74, 6) is 2.56. The third-order valence-electron chi connectivity index (χ3n) is 5.28. The van der Waals surface area contributed by atoms with E-state index in [1.54, 1.807) is 0 Å². The van der Waals surface area contributed by atoms with E-state index in [9.17, 15) is 0 Å². The average molecular weight is 297 g/mol. The van der Waals surface area contributed by atoms with Gasteiger partial charge in [-0.1, -0.05) is 0 Å². The summed E-state index contributed by atoms with van der Waals surface area (Å²) in [6.45, 7) is 2.54. The topological polar surface area (TPSA) is 50.4 Å². The molecule has 0 spiro atoms. The first-order valence-electron chi connectivity index (χ1n) is 8.03. The lowest BCUT2D eigenvalue weighted by atomic mass is 10.1. The minimum atomic E-state index is 0.311. The van der Waals surface area contributed by atoms with Gasteiger partial charge in [0.15, 0.2) is 11.5 Å². The molecule has 0 unspecified atom stereocenters. The number of benzene rings is 1. The Labute approximate surface area is 129 Å². The Morgan fingerprint density at radius 2 is 2.18 bits per heavy atom. The fraction of sp³-hybridized carbons (Fsp3) is 0.471. The van der Waals surface area contributed by atoms with E-state index < -0.39 is 0 Å². The van der Waals surface area contributed by atoms with E-state index in [0.717, 1.165) is 41.3 Å². The summed E-state index contributed by atoms with van der Waals surface area (Å²) in [5, 5.41) is 7.43. The maximum Gasteiger partial charge on any atom is 0.231 e. The molecule has 1 saturated heterocycles. The van der Waals surface area contributed by atoms with Crippen molar-refractivity contribution in [3.05, 3.63) is 30.0 Å². The van der Waals surface area contributed by atoms with Gasteiger partial charge in [-0.2, -0.15) is 5.10 Å². The zero-order valence-corrected chi connectivity index (χ0v) is 12.4. The highest BCUT2D eigenvalue weighted by Crippen LogP contribution is 2.40. The Kier molecular flexibility index (Phi) is 2.70. The molecule has 2 aliphatic heterocycles. The lowest BCUT2D eigenvalue weighted by molar-refractivity contribution is 0.174. The summed E-state index contributed by atoms with van der Waals surface area (Å²) in [7, 11) is 0. The monoisotopic (exact) mass is 297 g/mol. The average Bonchev–Trinajstić information content (AvgIpc) is 3.31. The molecule has 114 valence electrons. The van der Waals surface area contributed by atoms with Gasteiger partial charge in [0, 0.05) is 30.3 Å². The Bertz CT molecular complexity index is 712. The molecule has 5 nitrogen and oxygen atoms in total. The van der Waals surface area contributed by atoms with Crippen molar-refractivity contribution < 1.29 is 9.47 Å². The molecule has 1 aliphatic carbocycles. The minimum Gasteiger partial charge on any atom is -0.454 e. The van der Waals surface area contributed by atoms with Gasteiger partial charge in [-0.3, -0.25) is 10.00 Å². The molecule has 3 heterocycles. The number of hydrogen-bond donors (Lipinski definition) is 1. The van der Waals surface area contributed by atoms with Crippen molar-refractivity contribution in [2.24, 2.45) is 5.92 Å². The summed E-state index contributed by atoms with van der Waals surface area (Å²) < 4.78 is 10.9. The van der Waals surface area contributed by atoms with Crippen molar-refractivity contribution in [1.29, 1.82) is 0 Å². The Hall–Kier alpha value is -2.01. The first-order valence-corrected chi connectivity index (χ1v) is 8.03. The molecular formula is C17H19N3O2. The van der Waals surface area contributed by atoms with Gasteiger partial charge in [0.25, 0.3) is 0 Å². The van der Waals surface area contributed by atoms with Crippen LogP contribution in [0, 0.1) is 5.92 Å². The largest absolute Gasteiger partial charge is 0.454 e. The van der Waals surface area contributed by atoms with Crippen LogP contribution in [0.15, 0.2) is 24.4 Å². The molecule has 5 rings (SSSR count). The van der Waals surface area contributed by atoms with Gasteiger partial charge in [-0.25, -0.2) is 0 Å². The fourth-order valence-electron chi connectivity index (χ4n) is 4.17. The number of ether oxygens (including phenoxy) is 2. The first-order chi connectivity index (χ1) is 10.9. The van der Waals surface area contributed by atoms with Gasteiger partial charge in [0.2, 0.25) is 6.79 Å². The molecule has 0 amide bonds. The van der Waals surface area contributed by atoms with Crippen LogP contribution in [0.3, 0.4) is 0 Å². The summed E-state index contributed by atoms with van der Waals surface area (Å²) in [5.41, 5.74) is 3.48. The molecule has 2 atom stereocenters. The highest BCUT2D eigenvalue weighted by molar-refractivity contribution is 5.66. The number of nitrogens with zero attached hydrogens (tertiary/aromatic N) is 2. The van der Waals surface area contributed by atoms with Gasteiger partial charge in [0.1, 0.15) is 0 Å². The van der Waals surface area contributed by atoms with Crippen molar-refractivity contribution in [3.8, 4) is 22.8 Å². The maximum atomic E-state index is 5.48. The molecule has 3 aliphatic rings. The van der Waals surface area contributed by atoms with E-state index in [2.05, 4.69) is 21.2 Å². The Morgan fingerprint density at radius 1 is 1.23 bits per heavy atom. The molecule has 5 heteroatoms. The predicted molar refractivity (Wildman–Crippen MR) is 81.7 cm³/mol. The number of piperidine rings is 1. The van der Waals surface area contributed by atoms with E-state index in [4.69, 9.17) is 9.47 Å². The van der Waals surface area contributed by atoms with Crippen LogP contribution in [0.4, 0.5) is 0 Å². The van der Waals surface area contributed by atoms with E-state index in [1.807, 2.05) is 18.3 Å². The second-order valence-corrected chi connectivity index (χ2v) is 6.60. The van der Waals surface area contributed by atoms with Crippen molar-refractivity contribution in [2.75, 3.05) is 13.3 Å². The lowest BCUT2D eigenvalue weighted by Gasteiger charge is -2.26.